The van der Waals surface area contributed by atoms with Gasteiger partial charge in [0.15, 0.2) is 0 Å². The van der Waals surface area contributed by atoms with E-state index in [2.05, 4.69) is 109 Å². The molecule has 5 aromatic carbocycles. The lowest BCUT2D eigenvalue weighted by Crippen LogP contribution is -1.88. The van der Waals surface area contributed by atoms with Crippen molar-refractivity contribution in [3.63, 3.8) is 0 Å². The molecule has 0 N–H and O–H groups in total. The Balaban J connectivity index is 1.41. The van der Waals surface area contributed by atoms with Crippen LogP contribution in [-0.4, -0.2) is 9.97 Å². The predicted molar refractivity (Wildman–Crippen MR) is 143 cm³/mol. The third-order valence-corrected chi connectivity index (χ3v) is 6.69. The van der Waals surface area contributed by atoms with Gasteiger partial charge in [-0.15, -0.1) is 0 Å². The molecule has 7 rings (SSSR count). The van der Waals surface area contributed by atoms with Gasteiger partial charge in [0.1, 0.15) is 0 Å². The summed E-state index contributed by atoms with van der Waals surface area (Å²) in [5, 5.41) is 7.21. The Morgan fingerprint density at radius 2 is 0.794 bits per heavy atom. The minimum atomic E-state index is 0.981. The number of fused-ring (bicyclic) bond motifs is 5. The van der Waals surface area contributed by atoms with Crippen LogP contribution < -0.4 is 0 Å². The predicted octanol–water partition coefficient (Wildman–Crippen LogP) is 8.42. The van der Waals surface area contributed by atoms with Gasteiger partial charge < -0.3 is 0 Å². The van der Waals surface area contributed by atoms with Crippen molar-refractivity contribution in [2.45, 2.75) is 0 Å². The average Bonchev–Trinajstić information content (AvgIpc) is 2.92. The van der Waals surface area contributed by atoms with E-state index >= 15 is 0 Å². The number of hydrogen-bond donors (Lipinski definition) is 0. The molecule has 0 radical (unpaired) electrons. The summed E-state index contributed by atoms with van der Waals surface area (Å²) < 4.78 is 0. The molecule has 0 saturated carbocycles. The van der Waals surface area contributed by atoms with E-state index in [0.717, 1.165) is 32.9 Å². The fourth-order valence-corrected chi connectivity index (χ4v) is 4.86. The standard InChI is InChI=1S/C32H20N2/c1-3-7-23-15-25(11-9-21(23)5-1)27-17-29-30-18-28(20-34-32(30)14-13-31(29)33-19-27)26-12-10-22-6-2-4-8-24(22)16-26/h1-20H. The molecule has 7 aromatic rings. The van der Waals surface area contributed by atoms with E-state index in [1.165, 1.54) is 32.7 Å². The Labute approximate surface area is 197 Å². The van der Waals surface area contributed by atoms with Crippen LogP contribution in [0.2, 0.25) is 0 Å². The summed E-state index contributed by atoms with van der Waals surface area (Å²) in [5.41, 5.74) is 6.53. The van der Waals surface area contributed by atoms with Gasteiger partial charge in [-0.3, -0.25) is 9.97 Å². The Bertz CT molecular complexity index is 1730. The highest BCUT2D eigenvalue weighted by molar-refractivity contribution is 6.07. The zero-order valence-corrected chi connectivity index (χ0v) is 18.4. The quantitative estimate of drug-likeness (QED) is 0.256. The summed E-state index contributed by atoms with van der Waals surface area (Å²) in [6.07, 6.45) is 3.94. The van der Waals surface area contributed by atoms with Crippen LogP contribution in [0.15, 0.2) is 122 Å². The Kier molecular flexibility index (Phi) is 4.18. The van der Waals surface area contributed by atoms with Crippen LogP contribution in [0.5, 0.6) is 0 Å². The molecule has 2 heteroatoms. The number of pyridine rings is 2. The van der Waals surface area contributed by atoms with Crippen molar-refractivity contribution in [3.8, 4) is 22.3 Å². The molecule has 34 heavy (non-hydrogen) atoms. The number of aromatic nitrogens is 2. The van der Waals surface area contributed by atoms with Gasteiger partial charge in [-0.2, -0.15) is 0 Å². The Hall–Kier alpha value is -4.56. The fourth-order valence-electron chi connectivity index (χ4n) is 4.86. The maximum Gasteiger partial charge on any atom is 0.0710 e. The van der Waals surface area contributed by atoms with Crippen LogP contribution in [-0.2, 0) is 0 Å². The second-order valence-electron chi connectivity index (χ2n) is 8.77. The second kappa shape index (κ2) is 7.50. The van der Waals surface area contributed by atoms with Gasteiger partial charge in [-0.05, 0) is 69.1 Å². The molecule has 0 aliphatic heterocycles. The van der Waals surface area contributed by atoms with Crippen LogP contribution in [0.25, 0.3) is 65.6 Å². The van der Waals surface area contributed by atoms with E-state index in [0.29, 0.717) is 0 Å². The van der Waals surface area contributed by atoms with Crippen molar-refractivity contribution in [1.82, 2.24) is 9.97 Å². The van der Waals surface area contributed by atoms with Crippen molar-refractivity contribution >= 4 is 43.4 Å². The molecule has 158 valence electrons. The molecule has 0 atom stereocenters. The maximum atomic E-state index is 4.80. The van der Waals surface area contributed by atoms with Gasteiger partial charge >= 0.3 is 0 Å². The first-order valence-corrected chi connectivity index (χ1v) is 11.5. The fraction of sp³-hybridized carbons (Fsp3) is 0. The van der Waals surface area contributed by atoms with Crippen molar-refractivity contribution in [1.29, 1.82) is 0 Å². The molecular weight excluding hydrogens is 412 g/mol. The smallest absolute Gasteiger partial charge is 0.0710 e. The van der Waals surface area contributed by atoms with Crippen molar-refractivity contribution in [3.05, 3.63) is 122 Å². The highest BCUT2D eigenvalue weighted by Crippen LogP contribution is 2.32. The summed E-state index contributed by atoms with van der Waals surface area (Å²) in [4.78, 5) is 9.61. The van der Waals surface area contributed by atoms with E-state index in [-0.39, 0.29) is 0 Å². The van der Waals surface area contributed by atoms with Crippen LogP contribution in [0.1, 0.15) is 0 Å². The largest absolute Gasteiger partial charge is 0.256 e. The average molecular weight is 433 g/mol. The second-order valence-corrected chi connectivity index (χ2v) is 8.77. The minimum absolute atomic E-state index is 0.981. The summed E-state index contributed by atoms with van der Waals surface area (Å²) in [5.74, 6) is 0. The summed E-state index contributed by atoms with van der Waals surface area (Å²) in [6.45, 7) is 0. The normalized spacial score (nSPS) is 11.5. The third-order valence-electron chi connectivity index (χ3n) is 6.69. The van der Waals surface area contributed by atoms with Gasteiger partial charge in [-0.1, -0.05) is 72.8 Å². The van der Waals surface area contributed by atoms with Gasteiger partial charge in [0.05, 0.1) is 11.0 Å². The van der Waals surface area contributed by atoms with Crippen LogP contribution in [0, 0.1) is 0 Å². The first-order chi connectivity index (χ1) is 16.8. The van der Waals surface area contributed by atoms with E-state index < -0.39 is 0 Å². The molecule has 2 nitrogen and oxygen atoms in total. The SMILES string of the molecule is c1ccc2cc(-c3cnc4ccc5ncc(-c6ccc7ccccc7c6)cc5c4c3)ccc2c1. The lowest BCUT2D eigenvalue weighted by atomic mass is 9.98. The zero-order chi connectivity index (χ0) is 22.5. The topological polar surface area (TPSA) is 25.8 Å². The number of nitrogens with zero attached hydrogens (tertiary/aromatic N) is 2. The van der Waals surface area contributed by atoms with Crippen molar-refractivity contribution in [2.24, 2.45) is 0 Å². The van der Waals surface area contributed by atoms with Crippen LogP contribution >= 0.6 is 0 Å². The first kappa shape index (κ1) is 19.0. The van der Waals surface area contributed by atoms with E-state index in [1.807, 2.05) is 12.4 Å². The molecule has 0 bridgehead atoms. The van der Waals surface area contributed by atoms with E-state index in [1.54, 1.807) is 0 Å². The summed E-state index contributed by atoms with van der Waals surface area (Å²) in [7, 11) is 0. The van der Waals surface area contributed by atoms with Crippen molar-refractivity contribution in [2.75, 3.05) is 0 Å². The Morgan fingerprint density at radius 3 is 1.26 bits per heavy atom. The monoisotopic (exact) mass is 432 g/mol. The Morgan fingerprint density at radius 1 is 0.353 bits per heavy atom. The molecule has 0 saturated heterocycles. The molecule has 0 aliphatic rings. The van der Waals surface area contributed by atoms with Gasteiger partial charge in [0.2, 0.25) is 0 Å². The van der Waals surface area contributed by atoms with Gasteiger partial charge in [0, 0.05) is 34.3 Å². The van der Waals surface area contributed by atoms with E-state index in [4.69, 9.17) is 9.97 Å². The number of benzene rings is 5. The molecule has 0 fully saturated rings. The third kappa shape index (κ3) is 3.12. The van der Waals surface area contributed by atoms with Crippen LogP contribution in [0.3, 0.4) is 0 Å². The highest BCUT2D eigenvalue weighted by atomic mass is 14.7. The van der Waals surface area contributed by atoms with E-state index in [9.17, 15) is 0 Å². The van der Waals surface area contributed by atoms with Crippen molar-refractivity contribution < 1.29 is 0 Å². The lowest BCUT2D eigenvalue weighted by molar-refractivity contribution is 1.39. The summed E-state index contributed by atoms with van der Waals surface area (Å²) >= 11 is 0. The van der Waals surface area contributed by atoms with Gasteiger partial charge in [-0.25, -0.2) is 0 Å². The number of hydrogen-bond acceptors (Lipinski definition) is 2. The minimum Gasteiger partial charge on any atom is -0.256 e. The molecule has 2 heterocycles. The molecule has 0 unspecified atom stereocenters. The molecule has 0 spiro atoms. The highest BCUT2D eigenvalue weighted by Gasteiger charge is 2.09. The maximum absolute atomic E-state index is 4.80. The molecule has 0 aliphatic carbocycles. The zero-order valence-electron chi connectivity index (χ0n) is 18.4. The van der Waals surface area contributed by atoms with Gasteiger partial charge in [0.25, 0.3) is 0 Å². The van der Waals surface area contributed by atoms with Crippen LogP contribution in [0.4, 0.5) is 0 Å². The first-order valence-electron chi connectivity index (χ1n) is 11.5. The summed E-state index contributed by atoms with van der Waals surface area (Å²) in [6, 6.07) is 38.7. The molecule has 2 aromatic heterocycles. The number of rotatable bonds is 2. The molecule has 0 amide bonds. The lowest BCUT2D eigenvalue weighted by Gasteiger charge is -2.09. The molecular formula is C32H20N2.